The third-order valence-corrected chi connectivity index (χ3v) is 5.36. The maximum Gasteiger partial charge on any atom is 0.241 e. The SMILES string of the molecule is CCc1nc(C2CCN([C@@H](C)C(=O)Nc3cc(Cl)ccc3OC)CC2)n[nH]1. The summed E-state index contributed by atoms with van der Waals surface area (Å²) in [7, 11) is 1.57. The molecule has 27 heavy (non-hydrogen) atoms. The number of benzene rings is 1. The van der Waals surface area contributed by atoms with Crippen molar-refractivity contribution < 1.29 is 9.53 Å². The van der Waals surface area contributed by atoms with E-state index in [4.69, 9.17) is 16.3 Å². The number of aromatic amines is 1. The highest BCUT2D eigenvalue weighted by Gasteiger charge is 2.29. The molecule has 1 saturated heterocycles. The van der Waals surface area contributed by atoms with E-state index < -0.39 is 0 Å². The maximum atomic E-state index is 12.7. The van der Waals surface area contributed by atoms with Gasteiger partial charge in [0.15, 0.2) is 5.82 Å². The molecule has 0 saturated carbocycles. The largest absolute Gasteiger partial charge is 0.495 e. The van der Waals surface area contributed by atoms with Gasteiger partial charge in [-0.1, -0.05) is 18.5 Å². The highest BCUT2D eigenvalue weighted by atomic mass is 35.5. The van der Waals surface area contributed by atoms with Gasteiger partial charge in [-0.2, -0.15) is 5.10 Å². The molecule has 2 heterocycles. The zero-order chi connectivity index (χ0) is 19.4. The molecule has 0 radical (unpaired) electrons. The number of carbonyl (C=O) groups excluding carboxylic acids is 1. The van der Waals surface area contributed by atoms with Gasteiger partial charge in [-0.05, 0) is 51.1 Å². The number of nitrogens with one attached hydrogen (secondary N) is 2. The molecule has 8 heteroatoms. The molecular formula is C19H26ClN5O2. The molecule has 1 aliphatic rings. The van der Waals surface area contributed by atoms with Crippen LogP contribution in [0.1, 0.15) is 44.3 Å². The average molecular weight is 392 g/mol. The molecule has 0 aliphatic carbocycles. The first-order valence-corrected chi connectivity index (χ1v) is 9.69. The molecule has 1 aromatic carbocycles. The zero-order valence-electron chi connectivity index (χ0n) is 16.0. The number of ether oxygens (including phenoxy) is 1. The summed E-state index contributed by atoms with van der Waals surface area (Å²) in [6.45, 7) is 5.65. The Bertz CT molecular complexity index is 786. The molecule has 7 nitrogen and oxygen atoms in total. The molecular weight excluding hydrogens is 366 g/mol. The van der Waals surface area contributed by atoms with Gasteiger partial charge in [0.2, 0.25) is 5.91 Å². The van der Waals surface area contributed by atoms with Crippen molar-refractivity contribution in [3.05, 3.63) is 34.9 Å². The van der Waals surface area contributed by atoms with Crippen LogP contribution in [0.15, 0.2) is 18.2 Å². The molecule has 3 rings (SSSR count). The zero-order valence-corrected chi connectivity index (χ0v) is 16.7. The fourth-order valence-electron chi connectivity index (χ4n) is 3.38. The summed E-state index contributed by atoms with van der Waals surface area (Å²) < 4.78 is 5.30. The lowest BCUT2D eigenvalue weighted by Crippen LogP contribution is -2.45. The molecule has 0 bridgehead atoms. The fourth-order valence-corrected chi connectivity index (χ4v) is 3.55. The van der Waals surface area contributed by atoms with Gasteiger partial charge in [0.1, 0.15) is 11.6 Å². The van der Waals surface area contributed by atoms with Gasteiger partial charge in [-0.25, -0.2) is 4.98 Å². The van der Waals surface area contributed by atoms with Crippen molar-refractivity contribution in [2.24, 2.45) is 0 Å². The van der Waals surface area contributed by atoms with Crippen molar-refractivity contribution in [2.45, 2.75) is 45.1 Å². The van der Waals surface area contributed by atoms with Gasteiger partial charge in [0.05, 0.1) is 18.8 Å². The highest BCUT2D eigenvalue weighted by Crippen LogP contribution is 2.29. The number of aryl methyl sites for hydroxylation is 1. The van der Waals surface area contributed by atoms with Crippen LogP contribution >= 0.6 is 11.6 Å². The van der Waals surface area contributed by atoms with Crippen LogP contribution in [-0.2, 0) is 11.2 Å². The van der Waals surface area contributed by atoms with Crippen LogP contribution < -0.4 is 10.1 Å². The Labute approximate surface area is 164 Å². The van der Waals surface area contributed by atoms with Crippen molar-refractivity contribution in [1.82, 2.24) is 20.1 Å². The third kappa shape index (κ3) is 4.59. The Morgan fingerprint density at radius 2 is 2.19 bits per heavy atom. The number of hydrogen-bond donors (Lipinski definition) is 2. The molecule has 2 N–H and O–H groups in total. The Kier molecular flexibility index (Phi) is 6.34. The minimum Gasteiger partial charge on any atom is -0.495 e. The van der Waals surface area contributed by atoms with Crippen LogP contribution in [0, 0.1) is 0 Å². The first-order valence-electron chi connectivity index (χ1n) is 9.31. The number of anilines is 1. The minimum atomic E-state index is -0.243. The number of carbonyl (C=O) groups is 1. The summed E-state index contributed by atoms with van der Waals surface area (Å²) >= 11 is 6.04. The topological polar surface area (TPSA) is 83.1 Å². The smallest absolute Gasteiger partial charge is 0.241 e. The maximum absolute atomic E-state index is 12.7. The lowest BCUT2D eigenvalue weighted by Gasteiger charge is -2.34. The van der Waals surface area contributed by atoms with Gasteiger partial charge < -0.3 is 10.1 Å². The Morgan fingerprint density at radius 3 is 2.81 bits per heavy atom. The van der Waals surface area contributed by atoms with Crippen molar-refractivity contribution in [1.29, 1.82) is 0 Å². The van der Waals surface area contributed by atoms with Gasteiger partial charge >= 0.3 is 0 Å². The Hall–Kier alpha value is -2.12. The van der Waals surface area contributed by atoms with Crippen LogP contribution in [0.5, 0.6) is 5.75 Å². The van der Waals surface area contributed by atoms with Crippen molar-refractivity contribution in [3.8, 4) is 5.75 Å². The number of rotatable bonds is 6. The second-order valence-corrected chi connectivity index (χ2v) is 7.25. The van der Waals surface area contributed by atoms with Crippen LogP contribution in [0.2, 0.25) is 5.02 Å². The van der Waals surface area contributed by atoms with Gasteiger partial charge in [0, 0.05) is 17.4 Å². The van der Waals surface area contributed by atoms with Crippen molar-refractivity contribution in [3.63, 3.8) is 0 Å². The first-order chi connectivity index (χ1) is 13.0. The standard InChI is InChI=1S/C19H26ClN5O2/c1-4-17-22-18(24-23-17)13-7-9-25(10-8-13)12(2)19(26)21-15-11-14(20)5-6-16(15)27-3/h5-6,11-13H,4,7-10H2,1-3H3,(H,21,26)(H,22,23,24)/t12-/m0/s1. The van der Waals surface area contributed by atoms with Crippen LogP contribution in [0.25, 0.3) is 0 Å². The highest BCUT2D eigenvalue weighted by molar-refractivity contribution is 6.31. The second kappa shape index (κ2) is 8.71. The number of hydrogen-bond acceptors (Lipinski definition) is 5. The molecule has 1 fully saturated rings. The number of nitrogens with zero attached hydrogens (tertiary/aromatic N) is 3. The Balaban J connectivity index is 1.58. The number of aromatic nitrogens is 3. The summed E-state index contributed by atoms with van der Waals surface area (Å²) in [5, 5.41) is 10.8. The van der Waals surface area contributed by atoms with Crippen LogP contribution in [0.3, 0.4) is 0 Å². The quantitative estimate of drug-likeness (QED) is 0.789. The van der Waals surface area contributed by atoms with E-state index in [-0.39, 0.29) is 11.9 Å². The minimum absolute atomic E-state index is 0.0693. The summed E-state index contributed by atoms with van der Waals surface area (Å²) in [5.41, 5.74) is 0.588. The number of H-pyrrole nitrogens is 1. The Morgan fingerprint density at radius 1 is 1.44 bits per heavy atom. The molecule has 1 amide bonds. The van der Waals surface area contributed by atoms with E-state index in [0.717, 1.165) is 44.0 Å². The predicted molar refractivity (Wildman–Crippen MR) is 105 cm³/mol. The number of likely N-dealkylation sites (tertiary alicyclic amines) is 1. The number of piperidine rings is 1. The van der Waals surface area contributed by atoms with Gasteiger partial charge in [-0.15, -0.1) is 0 Å². The second-order valence-electron chi connectivity index (χ2n) is 6.81. The average Bonchev–Trinajstić information content (AvgIpc) is 3.17. The van der Waals surface area contributed by atoms with E-state index in [1.165, 1.54) is 0 Å². The number of amides is 1. The van der Waals surface area contributed by atoms with Crippen LogP contribution in [0.4, 0.5) is 5.69 Å². The van der Waals surface area contributed by atoms with E-state index in [1.807, 2.05) is 6.92 Å². The predicted octanol–water partition coefficient (Wildman–Crippen LogP) is 3.24. The summed E-state index contributed by atoms with van der Waals surface area (Å²) in [4.78, 5) is 19.4. The van der Waals surface area contributed by atoms with Gasteiger partial charge in [-0.3, -0.25) is 14.8 Å². The normalized spacial score (nSPS) is 16.9. The molecule has 2 aromatic rings. The molecule has 1 atom stereocenters. The first kappa shape index (κ1) is 19.6. The van der Waals surface area contributed by atoms with E-state index in [1.54, 1.807) is 25.3 Å². The van der Waals surface area contributed by atoms with E-state index in [0.29, 0.717) is 22.4 Å². The summed E-state index contributed by atoms with van der Waals surface area (Å²) in [6, 6.07) is 4.94. The summed E-state index contributed by atoms with van der Waals surface area (Å²) in [6.07, 6.45) is 2.74. The molecule has 1 aliphatic heterocycles. The number of methoxy groups -OCH3 is 1. The van der Waals surface area contributed by atoms with Crippen molar-refractivity contribution in [2.75, 3.05) is 25.5 Å². The monoisotopic (exact) mass is 391 g/mol. The lowest BCUT2D eigenvalue weighted by atomic mass is 9.95. The van der Waals surface area contributed by atoms with Crippen molar-refractivity contribution >= 4 is 23.2 Å². The lowest BCUT2D eigenvalue weighted by molar-refractivity contribution is -0.121. The third-order valence-electron chi connectivity index (χ3n) is 5.13. The van der Waals surface area contributed by atoms with E-state index in [2.05, 4.69) is 32.3 Å². The fraction of sp³-hybridized carbons (Fsp3) is 0.526. The molecule has 1 aromatic heterocycles. The van der Waals surface area contributed by atoms with E-state index in [9.17, 15) is 4.79 Å². The molecule has 0 unspecified atom stereocenters. The molecule has 146 valence electrons. The van der Waals surface area contributed by atoms with Crippen LogP contribution in [-0.4, -0.2) is 52.2 Å². The van der Waals surface area contributed by atoms with E-state index >= 15 is 0 Å². The summed E-state index contributed by atoms with van der Waals surface area (Å²) in [5.74, 6) is 2.69. The molecule has 0 spiro atoms. The van der Waals surface area contributed by atoms with Gasteiger partial charge in [0.25, 0.3) is 0 Å². The number of halogens is 1.